The molecule has 0 radical (unpaired) electrons. The molecule has 10 nitrogen and oxygen atoms in total. The van der Waals surface area contributed by atoms with E-state index in [0.717, 1.165) is 32.4 Å². The van der Waals surface area contributed by atoms with E-state index in [1.54, 1.807) is 0 Å². The van der Waals surface area contributed by atoms with Crippen molar-refractivity contribution in [2.24, 2.45) is 0 Å². The van der Waals surface area contributed by atoms with Gasteiger partial charge < -0.3 is 29.9 Å². The Kier molecular flexibility index (Phi) is 4.20. The van der Waals surface area contributed by atoms with Crippen LogP contribution in [0.1, 0.15) is 25.5 Å². The minimum atomic E-state index is -1.29. The highest BCUT2D eigenvalue weighted by atomic mass is 16.6. The van der Waals surface area contributed by atoms with Gasteiger partial charge in [-0.3, -0.25) is 9.36 Å². The smallest absolute Gasteiger partial charge is 0.277 e. The van der Waals surface area contributed by atoms with Crippen LogP contribution in [0.3, 0.4) is 0 Å². The monoisotopic (exact) mass is 351 g/mol. The first-order valence-corrected chi connectivity index (χ1v) is 8.45. The van der Waals surface area contributed by atoms with Crippen molar-refractivity contribution in [3.63, 3.8) is 0 Å². The Balaban J connectivity index is 1.87. The fourth-order valence-electron chi connectivity index (χ4n) is 3.58. The second kappa shape index (κ2) is 6.37. The summed E-state index contributed by atoms with van der Waals surface area (Å²) in [5, 5.41) is 29.8. The number of nitrogens with one attached hydrogen (secondary N) is 1. The molecule has 25 heavy (non-hydrogen) atoms. The Labute approximate surface area is 142 Å². The largest absolute Gasteiger partial charge is 0.394 e. The standard InChI is InChI=1S/C15H21N5O5/c21-6-8-10(22)11(23)14(25-8)20-9-12(16-7-17-13(9)24)18-15(20)19-4-2-1-3-5-19/h7-8,10-11,14,21-23H,1-6H2,(H,16,17,24)/t8-,10-,11+,14-/m0/s1. The average molecular weight is 351 g/mol. The molecule has 2 aromatic rings. The highest BCUT2D eigenvalue weighted by Gasteiger charge is 2.45. The lowest BCUT2D eigenvalue weighted by Crippen LogP contribution is -2.36. The third kappa shape index (κ3) is 2.61. The van der Waals surface area contributed by atoms with E-state index in [4.69, 9.17) is 4.74 Å². The molecule has 0 bridgehead atoms. The molecule has 0 unspecified atom stereocenters. The topological polar surface area (TPSA) is 137 Å². The van der Waals surface area contributed by atoms with Crippen molar-refractivity contribution in [2.75, 3.05) is 24.6 Å². The van der Waals surface area contributed by atoms with Crippen LogP contribution in [0, 0.1) is 0 Å². The van der Waals surface area contributed by atoms with Gasteiger partial charge in [0.2, 0.25) is 5.95 Å². The van der Waals surface area contributed by atoms with Crippen LogP contribution in [0.4, 0.5) is 5.95 Å². The number of imidazole rings is 1. The Morgan fingerprint density at radius 1 is 1.24 bits per heavy atom. The Hall–Kier alpha value is -2.01. The number of aliphatic hydroxyl groups is 3. The first-order chi connectivity index (χ1) is 12.1. The van der Waals surface area contributed by atoms with Crippen LogP contribution in [0.2, 0.25) is 0 Å². The predicted octanol–water partition coefficient (Wildman–Crippen LogP) is -1.28. The summed E-state index contributed by atoms with van der Waals surface area (Å²) in [7, 11) is 0. The molecule has 0 spiro atoms. The number of hydrogen-bond donors (Lipinski definition) is 4. The van der Waals surface area contributed by atoms with Gasteiger partial charge >= 0.3 is 0 Å². The normalized spacial score (nSPS) is 30.3. The SMILES string of the molecule is O=c1[nH]cnc2nc(N3CCCCC3)n([C@H]3O[C@@H](CO)[C@H](O)[C@H]3O)c12. The molecular weight excluding hydrogens is 330 g/mol. The van der Waals surface area contributed by atoms with Gasteiger partial charge in [-0.25, -0.2) is 4.98 Å². The fraction of sp³-hybridized carbons (Fsp3) is 0.667. The number of rotatable bonds is 3. The molecule has 2 fully saturated rings. The summed E-state index contributed by atoms with van der Waals surface area (Å²) >= 11 is 0. The molecule has 0 saturated carbocycles. The minimum absolute atomic E-state index is 0.179. The molecule has 0 aliphatic carbocycles. The number of aliphatic hydroxyl groups excluding tert-OH is 3. The van der Waals surface area contributed by atoms with Crippen molar-refractivity contribution in [3.8, 4) is 0 Å². The summed E-state index contributed by atoms with van der Waals surface area (Å²) in [6, 6.07) is 0. The van der Waals surface area contributed by atoms with Crippen LogP contribution in [-0.2, 0) is 4.74 Å². The third-order valence-electron chi connectivity index (χ3n) is 4.88. The molecular formula is C15H21N5O5. The third-order valence-corrected chi connectivity index (χ3v) is 4.88. The summed E-state index contributed by atoms with van der Waals surface area (Å²) < 4.78 is 7.14. The van der Waals surface area contributed by atoms with E-state index in [0.29, 0.717) is 5.95 Å². The summed E-state index contributed by atoms with van der Waals surface area (Å²) in [5.41, 5.74) is 0.0264. The van der Waals surface area contributed by atoms with Crippen molar-refractivity contribution in [3.05, 3.63) is 16.7 Å². The number of fused-ring (bicyclic) bond motifs is 1. The second-order valence-corrected chi connectivity index (χ2v) is 6.46. The van der Waals surface area contributed by atoms with Crippen LogP contribution < -0.4 is 10.5 Å². The molecule has 0 amide bonds. The van der Waals surface area contributed by atoms with Gasteiger partial charge in [0.15, 0.2) is 17.4 Å². The van der Waals surface area contributed by atoms with Gasteiger partial charge in [0, 0.05) is 13.1 Å². The molecule has 4 heterocycles. The van der Waals surface area contributed by atoms with Crippen molar-refractivity contribution in [1.82, 2.24) is 19.5 Å². The number of aromatic nitrogens is 4. The molecule has 4 atom stereocenters. The van der Waals surface area contributed by atoms with Crippen LogP contribution in [0.25, 0.3) is 11.2 Å². The van der Waals surface area contributed by atoms with Crippen molar-refractivity contribution in [1.29, 1.82) is 0 Å². The van der Waals surface area contributed by atoms with Crippen LogP contribution in [-0.4, -0.2) is 72.8 Å². The molecule has 136 valence electrons. The molecule has 4 rings (SSSR count). The first kappa shape index (κ1) is 16.5. The van der Waals surface area contributed by atoms with Gasteiger partial charge in [-0.15, -0.1) is 0 Å². The summed E-state index contributed by atoms with van der Waals surface area (Å²) in [6.45, 7) is 1.11. The number of aromatic amines is 1. The number of anilines is 1. The average Bonchev–Trinajstić information content (AvgIpc) is 3.15. The maximum Gasteiger partial charge on any atom is 0.277 e. The summed E-state index contributed by atoms with van der Waals surface area (Å²) in [4.78, 5) is 25.5. The molecule has 2 saturated heterocycles. The number of piperidine rings is 1. The van der Waals surface area contributed by atoms with Crippen molar-refractivity contribution in [2.45, 2.75) is 43.8 Å². The molecule has 2 aliphatic rings. The Bertz CT molecular complexity index is 814. The molecule has 10 heteroatoms. The number of hydrogen-bond acceptors (Lipinski definition) is 8. The van der Waals surface area contributed by atoms with E-state index < -0.39 is 36.7 Å². The zero-order chi connectivity index (χ0) is 17.6. The lowest BCUT2D eigenvalue weighted by atomic mass is 10.1. The molecule has 0 aromatic carbocycles. The maximum atomic E-state index is 12.4. The number of H-pyrrole nitrogens is 1. The van der Waals surface area contributed by atoms with Crippen molar-refractivity contribution < 1.29 is 20.1 Å². The number of ether oxygens (including phenoxy) is 1. The van der Waals surface area contributed by atoms with Crippen LogP contribution in [0.15, 0.2) is 11.1 Å². The lowest BCUT2D eigenvalue weighted by Gasteiger charge is -2.30. The highest BCUT2D eigenvalue weighted by Crippen LogP contribution is 2.35. The minimum Gasteiger partial charge on any atom is -0.394 e. The first-order valence-electron chi connectivity index (χ1n) is 8.45. The summed E-state index contributed by atoms with van der Waals surface area (Å²) in [5.74, 6) is 0.480. The van der Waals surface area contributed by atoms with E-state index in [-0.39, 0.29) is 11.2 Å². The van der Waals surface area contributed by atoms with E-state index in [1.165, 1.54) is 10.9 Å². The summed E-state index contributed by atoms with van der Waals surface area (Å²) in [6.07, 6.45) is -0.0915. The lowest BCUT2D eigenvalue weighted by molar-refractivity contribution is -0.0503. The fourth-order valence-corrected chi connectivity index (χ4v) is 3.58. The molecule has 2 aliphatic heterocycles. The molecule has 2 aromatic heterocycles. The maximum absolute atomic E-state index is 12.4. The zero-order valence-corrected chi connectivity index (χ0v) is 13.6. The van der Waals surface area contributed by atoms with Gasteiger partial charge in [0.1, 0.15) is 18.3 Å². The number of nitrogens with zero attached hydrogens (tertiary/aromatic N) is 4. The predicted molar refractivity (Wildman–Crippen MR) is 87.2 cm³/mol. The van der Waals surface area contributed by atoms with Gasteiger partial charge in [0.25, 0.3) is 5.56 Å². The van der Waals surface area contributed by atoms with Crippen LogP contribution >= 0.6 is 0 Å². The van der Waals surface area contributed by atoms with Crippen molar-refractivity contribution >= 4 is 17.1 Å². The van der Waals surface area contributed by atoms with Gasteiger partial charge in [-0.1, -0.05) is 0 Å². The van der Waals surface area contributed by atoms with E-state index in [1.807, 2.05) is 4.90 Å². The van der Waals surface area contributed by atoms with E-state index >= 15 is 0 Å². The Morgan fingerprint density at radius 2 is 2.00 bits per heavy atom. The van der Waals surface area contributed by atoms with E-state index in [9.17, 15) is 20.1 Å². The second-order valence-electron chi connectivity index (χ2n) is 6.46. The van der Waals surface area contributed by atoms with E-state index in [2.05, 4.69) is 15.0 Å². The highest BCUT2D eigenvalue weighted by molar-refractivity contribution is 5.74. The Morgan fingerprint density at radius 3 is 2.68 bits per heavy atom. The van der Waals surface area contributed by atoms with Gasteiger partial charge in [-0.05, 0) is 19.3 Å². The van der Waals surface area contributed by atoms with Crippen LogP contribution in [0.5, 0.6) is 0 Å². The zero-order valence-electron chi connectivity index (χ0n) is 13.6. The molecule has 4 N–H and O–H groups in total. The quantitative estimate of drug-likeness (QED) is 0.537. The van der Waals surface area contributed by atoms with Gasteiger partial charge in [0.05, 0.1) is 12.9 Å². The van der Waals surface area contributed by atoms with Gasteiger partial charge in [-0.2, -0.15) is 4.98 Å².